The lowest BCUT2D eigenvalue weighted by molar-refractivity contribution is 0.244. The summed E-state index contributed by atoms with van der Waals surface area (Å²) in [5, 5.41) is 7.44. The van der Waals surface area contributed by atoms with Gasteiger partial charge in [0.2, 0.25) is 5.82 Å². The van der Waals surface area contributed by atoms with E-state index in [2.05, 4.69) is 36.5 Å². The molecular formula is C30H30N4O3. The van der Waals surface area contributed by atoms with E-state index in [0.717, 1.165) is 39.3 Å². The second-order valence-electron chi connectivity index (χ2n) is 9.28. The Morgan fingerprint density at radius 1 is 0.946 bits per heavy atom. The van der Waals surface area contributed by atoms with Crippen LogP contribution >= 0.6 is 0 Å². The number of urea groups is 1. The minimum absolute atomic E-state index is 0.230. The van der Waals surface area contributed by atoms with E-state index in [9.17, 15) is 4.79 Å². The monoisotopic (exact) mass is 494 g/mol. The normalized spacial score (nSPS) is 15.6. The molecule has 1 aromatic heterocycles. The van der Waals surface area contributed by atoms with E-state index < -0.39 is 6.04 Å². The highest BCUT2D eigenvalue weighted by molar-refractivity contribution is 6.01. The average molecular weight is 495 g/mol. The Kier molecular flexibility index (Phi) is 6.53. The van der Waals surface area contributed by atoms with Crippen LogP contribution in [0.3, 0.4) is 0 Å². The van der Waals surface area contributed by atoms with Gasteiger partial charge in [-0.2, -0.15) is 4.98 Å². The molecule has 37 heavy (non-hydrogen) atoms. The van der Waals surface area contributed by atoms with Gasteiger partial charge in [-0.3, -0.25) is 4.90 Å². The molecule has 2 heterocycles. The third kappa shape index (κ3) is 4.72. The molecule has 0 saturated carbocycles. The maximum atomic E-state index is 13.5. The number of benzene rings is 3. The molecule has 1 aliphatic rings. The first-order chi connectivity index (χ1) is 17.9. The van der Waals surface area contributed by atoms with Crippen LogP contribution in [-0.4, -0.2) is 22.8 Å². The number of nitrogens with zero attached hydrogens (tertiary/aromatic N) is 3. The van der Waals surface area contributed by atoms with Gasteiger partial charge in [0.15, 0.2) is 0 Å². The van der Waals surface area contributed by atoms with Crippen molar-refractivity contribution in [1.29, 1.82) is 0 Å². The number of rotatable bonds is 6. The second kappa shape index (κ2) is 9.93. The predicted molar refractivity (Wildman–Crippen MR) is 144 cm³/mol. The van der Waals surface area contributed by atoms with E-state index in [0.29, 0.717) is 24.0 Å². The summed E-state index contributed by atoms with van der Waals surface area (Å²) < 4.78 is 11.4. The smallest absolute Gasteiger partial charge is 0.326 e. The Bertz CT molecular complexity index is 1470. The van der Waals surface area contributed by atoms with Crippen LogP contribution in [0.5, 0.6) is 5.75 Å². The molecule has 0 saturated heterocycles. The molecule has 3 aromatic carbocycles. The van der Waals surface area contributed by atoms with Crippen molar-refractivity contribution in [2.24, 2.45) is 0 Å². The molecule has 1 atom stereocenters. The Morgan fingerprint density at radius 3 is 2.35 bits per heavy atom. The molecule has 4 aromatic rings. The summed E-state index contributed by atoms with van der Waals surface area (Å²) in [4.78, 5) is 19.9. The van der Waals surface area contributed by atoms with Crippen LogP contribution in [-0.2, 0) is 0 Å². The number of aryl methyl sites for hydroxylation is 3. The lowest BCUT2D eigenvalue weighted by Crippen LogP contribution is -2.46. The molecule has 0 fully saturated rings. The number of carbonyl (C=O) groups excluding carboxylic acids is 1. The number of carbonyl (C=O) groups is 1. The molecule has 7 nitrogen and oxygen atoms in total. The number of anilines is 1. The summed E-state index contributed by atoms with van der Waals surface area (Å²) in [7, 11) is 0. The van der Waals surface area contributed by atoms with Gasteiger partial charge in [0.25, 0.3) is 5.89 Å². The summed E-state index contributed by atoms with van der Waals surface area (Å²) in [6.07, 6.45) is 0. The Hall–Kier alpha value is -4.39. The van der Waals surface area contributed by atoms with Gasteiger partial charge in [-0.05, 0) is 75.6 Å². The van der Waals surface area contributed by atoms with Crippen LogP contribution < -0.4 is 15.0 Å². The molecule has 1 aliphatic heterocycles. The SMILES string of the molecule is CCOc1ccc(N2C(=O)NC(c3ccc(C)c(C)c3)C(c3nc(-c4ccc(C)cc4)no3)=C2C)cc1. The van der Waals surface area contributed by atoms with Gasteiger partial charge in [-0.25, -0.2) is 4.79 Å². The number of ether oxygens (including phenoxy) is 1. The third-order valence-electron chi connectivity index (χ3n) is 6.72. The second-order valence-corrected chi connectivity index (χ2v) is 9.28. The van der Waals surface area contributed by atoms with E-state index in [1.165, 1.54) is 5.56 Å². The number of hydrogen-bond donors (Lipinski definition) is 1. The first-order valence-electron chi connectivity index (χ1n) is 12.4. The van der Waals surface area contributed by atoms with E-state index in [-0.39, 0.29) is 6.03 Å². The third-order valence-corrected chi connectivity index (χ3v) is 6.72. The number of aromatic nitrogens is 2. The number of hydrogen-bond acceptors (Lipinski definition) is 5. The quantitative estimate of drug-likeness (QED) is 0.320. The van der Waals surface area contributed by atoms with Crippen molar-refractivity contribution in [1.82, 2.24) is 15.5 Å². The zero-order valence-electron chi connectivity index (χ0n) is 21.7. The fourth-order valence-corrected chi connectivity index (χ4v) is 4.54. The van der Waals surface area contributed by atoms with Crippen molar-refractivity contribution in [3.05, 3.63) is 101 Å². The zero-order chi connectivity index (χ0) is 26.1. The van der Waals surface area contributed by atoms with Gasteiger partial charge < -0.3 is 14.6 Å². The zero-order valence-corrected chi connectivity index (χ0v) is 21.7. The predicted octanol–water partition coefficient (Wildman–Crippen LogP) is 6.76. The molecule has 2 amide bonds. The Morgan fingerprint density at radius 2 is 1.68 bits per heavy atom. The van der Waals surface area contributed by atoms with Gasteiger partial charge >= 0.3 is 6.03 Å². The van der Waals surface area contributed by atoms with Crippen LogP contribution in [0.15, 0.2) is 77.0 Å². The Balaban J connectivity index is 1.63. The van der Waals surface area contributed by atoms with Crippen molar-refractivity contribution in [2.75, 3.05) is 11.5 Å². The molecule has 5 rings (SSSR count). The standard InChI is InChI=1S/C30H30N4O3/c1-6-36-25-15-13-24(14-16-25)34-21(5)26(27(31-30(34)35)23-12-9-19(3)20(4)17-23)29-32-28(33-37-29)22-10-7-18(2)8-11-22/h7-17,27H,6H2,1-5H3,(H,31,35). The minimum Gasteiger partial charge on any atom is -0.494 e. The van der Waals surface area contributed by atoms with Crippen LogP contribution in [0.1, 0.15) is 48.0 Å². The minimum atomic E-state index is -0.447. The van der Waals surface area contributed by atoms with Gasteiger partial charge in [-0.15, -0.1) is 0 Å². The fraction of sp³-hybridized carbons (Fsp3) is 0.233. The average Bonchev–Trinajstić information content (AvgIpc) is 3.37. The molecule has 188 valence electrons. The van der Waals surface area contributed by atoms with Crippen LogP contribution in [0, 0.1) is 20.8 Å². The maximum Gasteiger partial charge on any atom is 0.326 e. The van der Waals surface area contributed by atoms with Crippen LogP contribution in [0.4, 0.5) is 10.5 Å². The van der Waals surface area contributed by atoms with Gasteiger partial charge in [0.05, 0.1) is 23.9 Å². The van der Waals surface area contributed by atoms with Gasteiger partial charge in [0, 0.05) is 11.3 Å². The lowest BCUT2D eigenvalue weighted by Gasteiger charge is -2.35. The molecule has 0 spiro atoms. The first-order valence-corrected chi connectivity index (χ1v) is 12.4. The van der Waals surface area contributed by atoms with Gasteiger partial charge in [-0.1, -0.05) is 53.2 Å². The number of allylic oxidation sites excluding steroid dienone is 1. The fourth-order valence-electron chi connectivity index (χ4n) is 4.54. The molecule has 1 N–H and O–H groups in total. The van der Waals surface area contributed by atoms with Gasteiger partial charge in [0.1, 0.15) is 5.75 Å². The van der Waals surface area contributed by atoms with Crippen molar-refractivity contribution in [3.8, 4) is 17.1 Å². The van der Waals surface area contributed by atoms with Crippen molar-refractivity contribution < 1.29 is 14.1 Å². The highest BCUT2D eigenvalue weighted by Gasteiger charge is 2.36. The van der Waals surface area contributed by atoms with Crippen molar-refractivity contribution in [3.63, 3.8) is 0 Å². The molecule has 0 bridgehead atoms. The molecular weight excluding hydrogens is 464 g/mol. The van der Waals surface area contributed by atoms with Crippen LogP contribution in [0.25, 0.3) is 17.0 Å². The Labute approximate surface area is 216 Å². The first kappa shape index (κ1) is 24.3. The highest BCUT2D eigenvalue weighted by atomic mass is 16.5. The van der Waals surface area contributed by atoms with E-state index in [1.54, 1.807) is 4.90 Å². The molecule has 7 heteroatoms. The molecule has 0 radical (unpaired) electrons. The summed E-state index contributed by atoms with van der Waals surface area (Å²) in [5.41, 5.74) is 7.48. The van der Waals surface area contributed by atoms with E-state index in [1.807, 2.05) is 75.4 Å². The topological polar surface area (TPSA) is 80.5 Å². The van der Waals surface area contributed by atoms with Crippen molar-refractivity contribution >= 4 is 17.3 Å². The van der Waals surface area contributed by atoms with Crippen molar-refractivity contribution in [2.45, 2.75) is 40.7 Å². The lowest BCUT2D eigenvalue weighted by atomic mass is 9.92. The largest absolute Gasteiger partial charge is 0.494 e. The van der Waals surface area contributed by atoms with E-state index in [4.69, 9.17) is 14.2 Å². The summed E-state index contributed by atoms with van der Waals surface area (Å²) in [6, 6.07) is 20.9. The number of amides is 2. The van der Waals surface area contributed by atoms with Crippen LogP contribution in [0.2, 0.25) is 0 Å². The summed E-state index contributed by atoms with van der Waals surface area (Å²) >= 11 is 0. The summed E-state index contributed by atoms with van der Waals surface area (Å²) in [6.45, 7) is 10.6. The van der Waals surface area contributed by atoms with E-state index >= 15 is 0 Å². The highest BCUT2D eigenvalue weighted by Crippen LogP contribution is 2.39. The number of nitrogens with one attached hydrogen (secondary N) is 1. The summed E-state index contributed by atoms with van der Waals surface area (Å²) in [5.74, 6) is 1.61. The maximum absolute atomic E-state index is 13.5. The molecule has 1 unspecified atom stereocenters. The molecule has 0 aliphatic carbocycles.